The molecule has 3 rings (SSSR count). The first-order valence-electron chi connectivity index (χ1n) is 9.27. The Morgan fingerprint density at radius 2 is 1.78 bits per heavy atom. The molecule has 2 heterocycles. The number of halogens is 1. The minimum atomic E-state index is -0.275. The topological polar surface area (TPSA) is 62.3 Å². The van der Waals surface area contributed by atoms with Crippen LogP contribution in [0.25, 0.3) is 0 Å². The van der Waals surface area contributed by atoms with Crippen LogP contribution in [0.15, 0.2) is 48.8 Å². The second-order valence-corrected chi connectivity index (χ2v) is 7.03. The molecule has 1 aliphatic heterocycles. The number of rotatable bonds is 5. The molecule has 1 aromatic heterocycles. The van der Waals surface area contributed by atoms with Gasteiger partial charge in [-0.05, 0) is 48.6 Å². The number of carbonyl (C=O) groups excluding carboxylic acids is 2. The zero-order chi connectivity index (χ0) is 19.2. The Morgan fingerprint density at radius 1 is 1.15 bits per heavy atom. The van der Waals surface area contributed by atoms with Crippen LogP contribution >= 0.6 is 0 Å². The molecule has 2 aromatic rings. The summed E-state index contributed by atoms with van der Waals surface area (Å²) < 4.78 is 13.0. The van der Waals surface area contributed by atoms with Crippen LogP contribution in [-0.2, 0) is 4.79 Å². The van der Waals surface area contributed by atoms with Gasteiger partial charge in [0.1, 0.15) is 5.82 Å². The molecule has 1 saturated heterocycles. The zero-order valence-electron chi connectivity index (χ0n) is 15.4. The summed E-state index contributed by atoms with van der Waals surface area (Å²) in [6, 6.07) is 9.78. The van der Waals surface area contributed by atoms with Gasteiger partial charge in [0.2, 0.25) is 5.91 Å². The van der Waals surface area contributed by atoms with Crippen molar-refractivity contribution in [2.24, 2.45) is 0 Å². The van der Waals surface area contributed by atoms with Crippen LogP contribution in [-0.4, -0.2) is 40.8 Å². The number of nitrogens with one attached hydrogen (secondary N) is 1. The number of carbonyl (C=O) groups is 2. The molecule has 142 valence electrons. The third-order valence-corrected chi connectivity index (χ3v) is 5.01. The van der Waals surface area contributed by atoms with Crippen molar-refractivity contribution in [3.63, 3.8) is 0 Å². The summed E-state index contributed by atoms with van der Waals surface area (Å²) in [7, 11) is 0. The SMILES string of the molecule is C[C@@H](CC(=O)NC1CCN(C(=O)c2ccncc2)CC1)c1ccc(F)cc1. The van der Waals surface area contributed by atoms with Crippen molar-refractivity contribution >= 4 is 11.8 Å². The summed E-state index contributed by atoms with van der Waals surface area (Å²) in [5.74, 6) is -0.250. The van der Waals surface area contributed by atoms with Crippen LogP contribution in [0.5, 0.6) is 0 Å². The van der Waals surface area contributed by atoms with Gasteiger partial charge in [-0.2, -0.15) is 0 Å². The second-order valence-electron chi connectivity index (χ2n) is 7.03. The van der Waals surface area contributed by atoms with Crippen molar-refractivity contribution < 1.29 is 14.0 Å². The molecule has 1 aliphatic rings. The van der Waals surface area contributed by atoms with Crippen LogP contribution in [0.2, 0.25) is 0 Å². The van der Waals surface area contributed by atoms with Gasteiger partial charge in [-0.3, -0.25) is 14.6 Å². The van der Waals surface area contributed by atoms with Crippen LogP contribution in [0.1, 0.15) is 48.0 Å². The van der Waals surface area contributed by atoms with E-state index >= 15 is 0 Å². The highest BCUT2D eigenvalue weighted by molar-refractivity contribution is 5.94. The van der Waals surface area contributed by atoms with Gasteiger partial charge >= 0.3 is 0 Å². The predicted molar refractivity (Wildman–Crippen MR) is 101 cm³/mol. The maximum Gasteiger partial charge on any atom is 0.253 e. The number of likely N-dealkylation sites (tertiary alicyclic amines) is 1. The first-order chi connectivity index (χ1) is 13.0. The van der Waals surface area contributed by atoms with Gasteiger partial charge in [0.05, 0.1) is 0 Å². The molecule has 0 saturated carbocycles. The molecule has 6 heteroatoms. The van der Waals surface area contributed by atoms with Crippen LogP contribution in [0.4, 0.5) is 4.39 Å². The van der Waals surface area contributed by atoms with E-state index < -0.39 is 0 Å². The average Bonchev–Trinajstić information content (AvgIpc) is 2.69. The summed E-state index contributed by atoms with van der Waals surface area (Å²) in [4.78, 5) is 30.5. The Kier molecular flexibility index (Phi) is 6.16. The predicted octanol–water partition coefficient (Wildman–Crippen LogP) is 3.14. The number of piperidine rings is 1. The summed E-state index contributed by atoms with van der Waals surface area (Å²) >= 11 is 0. The van der Waals surface area contributed by atoms with Crippen molar-refractivity contribution in [2.75, 3.05) is 13.1 Å². The fourth-order valence-electron chi connectivity index (χ4n) is 3.38. The molecule has 1 aromatic carbocycles. The molecule has 1 fully saturated rings. The zero-order valence-corrected chi connectivity index (χ0v) is 15.4. The molecule has 0 radical (unpaired) electrons. The Hall–Kier alpha value is -2.76. The largest absolute Gasteiger partial charge is 0.353 e. The summed E-state index contributed by atoms with van der Waals surface area (Å²) in [6.07, 6.45) is 5.08. The Balaban J connectivity index is 1.45. The summed E-state index contributed by atoms with van der Waals surface area (Å²) in [5.41, 5.74) is 1.59. The molecule has 0 aliphatic carbocycles. The van der Waals surface area contributed by atoms with Crippen molar-refractivity contribution in [1.82, 2.24) is 15.2 Å². The Bertz CT molecular complexity index is 772. The fourth-order valence-corrected chi connectivity index (χ4v) is 3.38. The van der Waals surface area contributed by atoms with E-state index in [1.165, 1.54) is 12.1 Å². The first-order valence-corrected chi connectivity index (χ1v) is 9.27. The molecule has 2 amide bonds. The third kappa shape index (κ3) is 5.12. The van der Waals surface area contributed by atoms with E-state index in [0.29, 0.717) is 25.1 Å². The first kappa shape index (κ1) is 19.0. The molecule has 1 N–H and O–H groups in total. The maximum absolute atomic E-state index is 13.0. The number of hydrogen-bond acceptors (Lipinski definition) is 3. The van der Waals surface area contributed by atoms with Crippen molar-refractivity contribution in [2.45, 2.75) is 38.1 Å². The van der Waals surface area contributed by atoms with E-state index in [2.05, 4.69) is 10.3 Å². The lowest BCUT2D eigenvalue weighted by Gasteiger charge is -2.32. The molecular formula is C21H24FN3O2. The van der Waals surface area contributed by atoms with E-state index in [4.69, 9.17) is 0 Å². The van der Waals surface area contributed by atoms with Crippen LogP contribution in [0, 0.1) is 5.82 Å². The van der Waals surface area contributed by atoms with E-state index in [9.17, 15) is 14.0 Å². The lowest BCUT2D eigenvalue weighted by molar-refractivity contribution is -0.122. The van der Waals surface area contributed by atoms with Gasteiger partial charge in [0, 0.05) is 43.5 Å². The standard InChI is InChI=1S/C21H24FN3O2/c1-15(16-2-4-18(22)5-3-16)14-20(26)24-19-8-12-25(13-9-19)21(27)17-6-10-23-11-7-17/h2-7,10-11,15,19H,8-9,12-14H2,1H3,(H,24,26)/t15-/m0/s1. The molecule has 0 bridgehead atoms. The van der Waals surface area contributed by atoms with E-state index in [0.717, 1.165) is 18.4 Å². The van der Waals surface area contributed by atoms with Crippen LogP contribution in [0.3, 0.4) is 0 Å². The molecule has 5 nitrogen and oxygen atoms in total. The third-order valence-electron chi connectivity index (χ3n) is 5.01. The van der Waals surface area contributed by atoms with Crippen LogP contribution < -0.4 is 5.32 Å². The Labute approximate surface area is 158 Å². The maximum atomic E-state index is 13.0. The Morgan fingerprint density at radius 3 is 2.41 bits per heavy atom. The average molecular weight is 369 g/mol. The monoisotopic (exact) mass is 369 g/mol. The summed E-state index contributed by atoms with van der Waals surface area (Å²) in [5, 5.41) is 3.07. The van der Waals surface area contributed by atoms with Gasteiger partial charge < -0.3 is 10.2 Å². The van der Waals surface area contributed by atoms with Gasteiger partial charge in [-0.15, -0.1) is 0 Å². The van der Waals surface area contributed by atoms with E-state index in [1.54, 1.807) is 36.7 Å². The molecule has 27 heavy (non-hydrogen) atoms. The van der Waals surface area contributed by atoms with E-state index in [-0.39, 0.29) is 29.6 Å². The highest BCUT2D eigenvalue weighted by Gasteiger charge is 2.25. The lowest BCUT2D eigenvalue weighted by Crippen LogP contribution is -2.46. The molecule has 0 unspecified atom stereocenters. The number of benzene rings is 1. The number of pyridine rings is 1. The number of amides is 2. The fraction of sp³-hybridized carbons (Fsp3) is 0.381. The minimum absolute atomic E-state index is 0.00658. The van der Waals surface area contributed by atoms with Gasteiger partial charge in [0.15, 0.2) is 0 Å². The van der Waals surface area contributed by atoms with Crippen molar-refractivity contribution in [1.29, 1.82) is 0 Å². The molecule has 1 atom stereocenters. The summed E-state index contributed by atoms with van der Waals surface area (Å²) in [6.45, 7) is 3.21. The number of aromatic nitrogens is 1. The highest BCUT2D eigenvalue weighted by atomic mass is 19.1. The second kappa shape index (κ2) is 8.75. The van der Waals surface area contributed by atoms with Gasteiger partial charge in [-0.25, -0.2) is 4.39 Å². The molecule has 0 spiro atoms. The smallest absolute Gasteiger partial charge is 0.253 e. The lowest BCUT2D eigenvalue weighted by atomic mass is 9.96. The normalized spacial score (nSPS) is 16.0. The van der Waals surface area contributed by atoms with Gasteiger partial charge in [0.25, 0.3) is 5.91 Å². The highest BCUT2D eigenvalue weighted by Crippen LogP contribution is 2.20. The van der Waals surface area contributed by atoms with Gasteiger partial charge in [-0.1, -0.05) is 19.1 Å². The quantitative estimate of drug-likeness (QED) is 0.881. The van der Waals surface area contributed by atoms with Crippen molar-refractivity contribution in [3.8, 4) is 0 Å². The molecular weight excluding hydrogens is 345 g/mol. The minimum Gasteiger partial charge on any atom is -0.353 e. The van der Waals surface area contributed by atoms with Crippen molar-refractivity contribution in [3.05, 3.63) is 65.7 Å². The van der Waals surface area contributed by atoms with E-state index in [1.807, 2.05) is 11.8 Å². The number of nitrogens with zero attached hydrogens (tertiary/aromatic N) is 2. The number of hydrogen-bond donors (Lipinski definition) is 1.